The predicted octanol–water partition coefficient (Wildman–Crippen LogP) is 1.11. The highest BCUT2D eigenvalue weighted by Gasteiger charge is 2.15. The number of hydrogen-bond acceptors (Lipinski definition) is 2. The summed E-state index contributed by atoms with van der Waals surface area (Å²) in [6.45, 7) is 4.73. The van der Waals surface area contributed by atoms with Crippen molar-refractivity contribution in [1.82, 2.24) is 4.90 Å². The van der Waals surface area contributed by atoms with Gasteiger partial charge in [0, 0.05) is 18.7 Å². The highest BCUT2D eigenvalue weighted by atomic mass is 16.4. The second kappa shape index (κ2) is 4.26. The minimum atomic E-state index is -0.768. The molecule has 1 aliphatic heterocycles. The van der Waals surface area contributed by atoms with Gasteiger partial charge < -0.3 is 5.11 Å². The van der Waals surface area contributed by atoms with Gasteiger partial charge in [-0.05, 0) is 19.4 Å². The van der Waals surface area contributed by atoms with Crippen LogP contribution in [0.25, 0.3) is 0 Å². The minimum Gasteiger partial charge on any atom is -0.478 e. The van der Waals surface area contributed by atoms with E-state index in [4.69, 9.17) is 5.11 Å². The van der Waals surface area contributed by atoms with Crippen LogP contribution in [0.2, 0.25) is 0 Å². The Bertz CT molecular complexity index is 199. The standard InChI is InChI=1S/C9H15NO2/c1-2-5-10-6-3-4-8(7-10)9(11)12/h4H,2-3,5-7H2,1H3,(H,11,12). The van der Waals surface area contributed by atoms with Gasteiger partial charge in [-0.1, -0.05) is 13.0 Å². The first-order valence-corrected chi connectivity index (χ1v) is 4.38. The molecule has 0 atom stereocenters. The second-order valence-corrected chi connectivity index (χ2v) is 3.10. The largest absolute Gasteiger partial charge is 0.478 e. The molecule has 0 unspecified atom stereocenters. The lowest BCUT2D eigenvalue weighted by molar-refractivity contribution is -0.133. The van der Waals surface area contributed by atoms with Gasteiger partial charge in [0.05, 0.1) is 0 Å². The molecule has 0 bridgehead atoms. The molecule has 0 saturated carbocycles. The van der Waals surface area contributed by atoms with Gasteiger partial charge in [-0.25, -0.2) is 4.79 Å². The van der Waals surface area contributed by atoms with E-state index >= 15 is 0 Å². The van der Waals surface area contributed by atoms with Crippen LogP contribution in [0.15, 0.2) is 11.6 Å². The average molecular weight is 169 g/mol. The van der Waals surface area contributed by atoms with Crippen molar-refractivity contribution in [2.75, 3.05) is 19.6 Å². The third-order valence-electron chi connectivity index (χ3n) is 2.04. The molecule has 0 saturated heterocycles. The Hall–Kier alpha value is -0.830. The van der Waals surface area contributed by atoms with Gasteiger partial charge in [0.1, 0.15) is 0 Å². The van der Waals surface area contributed by atoms with Crippen molar-refractivity contribution in [2.45, 2.75) is 19.8 Å². The van der Waals surface area contributed by atoms with E-state index in [1.165, 1.54) is 0 Å². The SMILES string of the molecule is CCCN1CCC=C(C(=O)O)C1. The van der Waals surface area contributed by atoms with Crippen LogP contribution in [0.4, 0.5) is 0 Å². The summed E-state index contributed by atoms with van der Waals surface area (Å²) < 4.78 is 0. The molecule has 0 aliphatic carbocycles. The lowest BCUT2D eigenvalue weighted by Crippen LogP contribution is -2.32. The Labute approximate surface area is 72.7 Å². The number of nitrogens with zero attached hydrogens (tertiary/aromatic N) is 1. The van der Waals surface area contributed by atoms with Gasteiger partial charge in [0.25, 0.3) is 0 Å². The number of rotatable bonds is 3. The Morgan fingerprint density at radius 1 is 1.75 bits per heavy atom. The van der Waals surface area contributed by atoms with E-state index in [9.17, 15) is 4.79 Å². The minimum absolute atomic E-state index is 0.551. The van der Waals surface area contributed by atoms with E-state index in [1.807, 2.05) is 6.08 Å². The third-order valence-corrected chi connectivity index (χ3v) is 2.04. The average Bonchev–Trinajstić information content (AvgIpc) is 2.05. The molecule has 1 aliphatic rings. The smallest absolute Gasteiger partial charge is 0.332 e. The van der Waals surface area contributed by atoms with Gasteiger partial charge in [-0.3, -0.25) is 4.90 Å². The molecule has 0 aromatic carbocycles. The van der Waals surface area contributed by atoms with E-state index in [2.05, 4.69) is 11.8 Å². The zero-order valence-electron chi connectivity index (χ0n) is 7.42. The first-order chi connectivity index (χ1) is 5.74. The molecule has 0 spiro atoms. The second-order valence-electron chi connectivity index (χ2n) is 3.10. The number of hydrogen-bond donors (Lipinski definition) is 1. The monoisotopic (exact) mass is 169 g/mol. The number of carbonyl (C=O) groups is 1. The normalized spacial score (nSPS) is 18.9. The van der Waals surface area contributed by atoms with Crippen molar-refractivity contribution in [2.24, 2.45) is 0 Å². The van der Waals surface area contributed by atoms with Gasteiger partial charge in [0.15, 0.2) is 0 Å². The summed E-state index contributed by atoms with van der Waals surface area (Å²) in [5.41, 5.74) is 0.551. The van der Waals surface area contributed by atoms with E-state index in [-0.39, 0.29) is 0 Å². The molecule has 0 fully saturated rings. The van der Waals surface area contributed by atoms with Crippen LogP contribution in [-0.4, -0.2) is 35.6 Å². The Balaban J connectivity index is 2.47. The quantitative estimate of drug-likeness (QED) is 0.688. The topological polar surface area (TPSA) is 40.5 Å². The van der Waals surface area contributed by atoms with Crippen molar-refractivity contribution in [3.8, 4) is 0 Å². The first kappa shape index (κ1) is 9.26. The Morgan fingerprint density at radius 3 is 3.08 bits per heavy atom. The van der Waals surface area contributed by atoms with Gasteiger partial charge in [-0.15, -0.1) is 0 Å². The van der Waals surface area contributed by atoms with E-state index < -0.39 is 5.97 Å². The molecular formula is C9H15NO2. The number of carboxylic acid groups (broad SMARTS) is 1. The highest BCUT2D eigenvalue weighted by Crippen LogP contribution is 2.09. The fourth-order valence-corrected chi connectivity index (χ4v) is 1.47. The molecule has 1 N–H and O–H groups in total. The third kappa shape index (κ3) is 2.34. The van der Waals surface area contributed by atoms with E-state index in [0.717, 1.165) is 25.9 Å². The van der Waals surface area contributed by atoms with Gasteiger partial charge in [-0.2, -0.15) is 0 Å². The highest BCUT2D eigenvalue weighted by molar-refractivity contribution is 5.87. The van der Waals surface area contributed by atoms with Crippen molar-refractivity contribution >= 4 is 5.97 Å². The molecule has 1 rings (SSSR count). The van der Waals surface area contributed by atoms with E-state index in [1.54, 1.807) is 0 Å². The Kier molecular flexibility index (Phi) is 3.29. The lowest BCUT2D eigenvalue weighted by Gasteiger charge is -2.24. The van der Waals surface area contributed by atoms with Crippen LogP contribution in [0, 0.1) is 0 Å². The van der Waals surface area contributed by atoms with Crippen LogP contribution in [-0.2, 0) is 4.79 Å². The molecule has 68 valence electrons. The maximum atomic E-state index is 10.6. The van der Waals surface area contributed by atoms with Crippen LogP contribution in [0.3, 0.4) is 0 Å². The first-order valence-electron chi connectivity index (χ1n) is 4.38. The number of aliphatic carboxylic acids is 1. The summed E-state index contributed by atoms with van der Waals surface area (Å²) in [5.74, 6) is -0.768. The number of carboxylic acids is 1. The molecule has 0 radical (unpaired) electrons. The molecule has 1 heterocycles. The summed E-state index contributed by atoms with van der Waals surface area (Å²) >= 11 is 0. The van der Waals surface area contributed by atoms with Crippen LogP contribution >= 0.6 is 0 Å². The van der Waals surface area contributed by atoms with Crippen LogP contribution < -0.4 is 0 Å². The fraction of sp³-hybridized carbons (Fsp3) is 0.667. The lowest BCUT2D eigenvalue weighted by atomic mass is 10.1. The fourth-order valence-electron chi connectivity index (χ4n) is 1.47. The maximum Gasteiger partial charge on any atom is 0.332 e. The molecule has 3 heteroatoms. The predicted molar refractivity (Wildman–Crippen MR) is 47.1 cm³/mol. The van der Waals surface area contributed by atoms with Gasteiger partial charge >= 0.3 is 5.97 Å². The zero-order valence-corrected chi connectivity index (χ0v) is 7.42. The van der Waals surface area contributed by atoms with E-state index in [0.29, 0.717) is 12.1 Å². The molecule has 0 aromatic rings. The summed E-state index contributed by atoms with van der Waals surface area (Å²) in [4.78, 5) is 12.8. The van der Waals surface area contributed by atoms with Crippen molar-refractivity contribution in [3.05, 3.63) is 11.6 Å². The van der Waals surface area contributed by atoms with Crippen LogP contribution in [0.5, 0.6) is 0 Å². The maximum absolute atomic E-state index is 10.6. The zero-order chi connectivity index (χ0) is 8.97. The van der Waals surface area contributed by atoms with Gasteiger partial charge in [0.2, 0.25) is 0 Å². The van der Waals surface area contributed by atoms with Crippen LogP contribution in [0.1, 0.15) is 19.8 Å². The summed E-state index contributed by atoms with van der Waals surface area (Å²) in [6.07, 6.45) is 3.79. The van der Waals surface area contributed by atoms with Crippen molar-refractivity contribution in [1.29, 1.82) is 0 Å². The molecule has 0 amide bonds. The molecular weight excluding hydrogens is 154 g/mol. The molecule has 0 aromatic heterocycles. The Morgan fingerprint density at radius 2 is 2.50 bits per heavy atom. The molecule has 12 heavy (non-hydrogen) atoms. The summed E-state index contributed by atoms with van der Waals surface area (Å²) in [5, 5.41) is 8.73. The summed E-state index contributed by atoms with van der Waals surface area (Å²) in [7, 11) is 0. The molecule has 3 nitrogen and oxygen atoms in total. The summed E-state index contributed by atoms with van der Waals surface area (Å²) in [6, 6.07) is 0. The van der Waals surface area contributed by atoms with Crippen molar-refractivity contribution < 1.29 is 9.90 Å². The van der Waals surface area contributed by atoms with Crippen molar-refractivity contribution in [3.63, 3.8) is 0 Å².